The number of rotatable bonds is 3. The summed E-state index contributed by atoms with van der Waals surface area (Å²) in [5.74, 6) is 0. The van der Waals surface area contributed by atoms with Crippen molar-refractivity contribution in [2.24, 2.45) is 0 Å². The molecule has 0 N–H and O–H groups in total. The van der Waals surface area contributed by atoms with Crippen molar-refractivity contribution in [1.29, 1.82) is 0 Å². The van der Waals surface area contributed by atoms with Crippen LogP contribution in [0.2, 0.25) is 10.3 Å². The second-order valence-electron chi connectivity index (χ2n) is 3.96. The summed E-state index contributed by atoms with van der Waals surface area (Å²) in [5, 5.41) is 9.30. The maximum atomic E-state index is 5.91. The highest BCUT2D eigenvalue weighted by molar-refractivity contribution is 6.30. The van der Waals surface area contributed by atoms with E-state index in [2.05, 4.69) is 15.3 Å². The summed E-state index contributed by atoms with van der Waals surface area (Å²) in [4.78, 5) is 3.95. The highest BCUT2D eigenvalue weighted by atomic mass is 35.5. The third-order valence-corrected chi connectivity index (χ3v) is 3.20. The molecule has 0 unspecified atom stereocenters. The molecule has 5 nitrogen and oxygen atoms in total. The fraction of sp³-hybridized carbons (Fsp3) is 0.0833. The number of benzene rings is 1. The first kappa shape index (κ1) is 12.2. The first-order valence-electron chi connectivity index (χ1n) is 5.56. The zero-order chi connectivity index (χ0) is 13.2. The predicted octanol–water partition coefficient (Wildman–Crippen LogP) is 2.82. The molecule has 3 aromatic rings. The fourth-order valence-corrected chi connectivity index (χ4v) is 1.99. The van der Waals surface area contributed by atoms with Gasteiger partial charge in [0.05, 0.1) is 18.4 Å². The van der Waals surface area contributed by atoms with E-state index in [1.165, 1.54) is 0 Å². The average molecular weight is 294 g/mol. The van der Waals surface area contributed by atoms with E-state index in [1.807, 2.05) is 30.5 Å². The Hall–Kier alpha value is -1.85. The molecule has 0 aliphatic rings. The molecule has 1 aromatic carbocycles. The van der Waals surface area contributed by atoms with Crippen LogP contribution < -0.4 is 0 Å². The zero-order valence-electron chi connectivity index (χ0n) is 9.74. The Morgan fingerprint density at radius 3 is 2.58 bits per heavy atom. The van der Waals surface area contributed by atoms with Gasteiger partial charge in [-0.05, 0) is 35.9 Å². The van der Waals surface area contributed by atoms with Crippen LogP contribution in [0.25, 0.3) is 5.69 Å². The Kier molecular flexibility index (Phi) is 3.23. The lowest BCUT2D eigenvalue weighted by atomic mass is 10.3. The minimum absolute atomic E-state index is 0.432. The van der Waals surface area contributed by atoms with Crippen molar-refractivity contribution in [3.05, 3.63) is 58.9 Å². The summed E-state index contributed by atoms with van der Waals surface area (Å²) in [6, 6.07) is 7.38. The minimum atomic E-state index is 0.432. The van der Waals surface area contributed by atoms with Gasteiger partial charge in [-0.2, -0.15) is 0 Å². The molecule has 0 atom stereocenters. The Morgan fingerprint density at radius 2 is 1.89 bits per heavy atom. The van der Waals surface area contributed by atoms with Crippen LogP contribution in [0.4, 0.5) is 0 Å². The number of nitrogens with zero attached hydrogens (tertiary/aromatic N) is 5. The van der Waals surface area contributed by atoms with E-state index in [0.29, 0.717) is 16.9 Å². The van der Waals surface area contributed by atoms with E-state index in [4.69, 9.17) is 23.2 Å². The van der Waals surface area contributed by atoms with Gasteiger partial charge in [-0.15, -0.1) is 5.10 Å². The van der Waals surface area contributed by atoms with Crippen LogP contribution in [0.1, 0.15) is 5.69 Å². The van der Waals surface area contributed by atoms with E-state index in [9.17, 15) is 0 Å². The number of imidazole rings is 1. The maximum Gasteiger partial charge on any atom is 0.203 e. The summed E-state index contributed by atoms with van der Waals surface area (Å²) in [6.45, 7) is 0.534. The lowest BCUT2D eigenvalue weighted by Crippen LogP contribution is -1.98. The van der Waals surface area contributed by atoms with E-state index in [1.54, 1.807) is 21.6 Å². The predicted molar refractivity (Wildman–Crippen MR) is 72.7 cm³/mol. The fourth-order valence-electron chi connectivity index (χ4n) is 1.69. The van der Waals surface area contributed by atoms with Gasteiger partial charge in [0.25, 0.3) is 0 Å². The summed E-state index contributed by atoms with van der Waals surface area (Å²) in [7, 11) is 0. The van der Waals surface area contributed by atoms with Crippen LogP contribution in [0.5, 0.6) is 0 Å². The Balaban J connectivity index is 1.83. The molecule has 2 heterocycles. The van der Waals surface area contributed by atoms with Crippen molar-refractivity contribution in [1.82, 2.24) is 24.5 Å². The van der Waals surface area contributed by atoms with Gasteiger partial charge in [-0.3, -0.25) is 0 Å². The molecule has 19 heavy (non-hydrogen) atoms. The molecule has 0 saturated heterocycles. The van der Waals surface area contributed by atoms with Crippen LogP contribution >= 0.6 is 23.2 Å². The van der Waals surface area contributed by atoms with Gasteiger partial charge in [0.1, 0.15) is 5.69 Å². The number of aromatic nitrogens is 5. The molecule has 0 radical (unpaired) electrons. The average Bonchev–Trinajstić information content (AvgIpc) is 3.01. The SMILES string of the molecule is Clc1ccc(-n2cc(Cn3ccnc3Cl)nn2)cc1. The van der Waals surface area contributed by atoms with Crippen molar-refractivity contribution in [3.63, 3.8) is 0 Å². The lowest BCUT2D eigenvalue weighted by molar-refractivity contribution is 0.756. The third-order valence-electron chi connectivity index (χ3n) is 2.63. The van der Waals surface area contributed by atoms with Crippen molar-refractivity contribution >= 4 is 23.2 Å². The molecule has 0 bridgehead atoms. The van der Waals surface area contributed by atoms with Crippen LogP contribution in [0, 0.1) is 0 Å². The number of halogens is 2. The minimum Gasteiger partial charge on any atom is -0.316 e. The molecule has 0 spiro atoms. The molecule has 0 saturated carbocycles. The zero-order valence-corrected chi connectivity index (χ0v) is 11.3. The van der Waals surface area contributed by atoms with Gasteiger partial charge < -0.3 is 4.57 Å². The van der Waals surface area contributed by atoms with Gasteiger partial charge in [0.15, 0.2) is 0 Å². The topological polar surface area (TPSA) is 48.5 Å². The van der Waals surface area contributed by atoms with Gasteiger partial charge >= 0.3 is 0 Å². The molecule has 0 aliphatic carbocycles. The first-order chi connectivity index (χ1) is 9.22. The van der Waals surface area contributed by atoms with Crippen LogP contribution in [0.3, 0.4) is 0 Å². The Morgan fingerprint density at radius 1 is 1.11 bits per heavy atom. The Labute approximate surface area is 119 Å². The van der Waals surface area contributed by atoms with Gasteiger partial charge in [0, 0.05) is 17.4 Å². The molecule has 2 aromatic heterocycles. The van der Waals surface area contributed by atoms with Crippen molar-refractivity contribution < 1.29 is 0 Å². The smallest absolute Gasteiger partial charge is 0.203 e. The molecule has 0 fully saturated rings. The van der Waals surface area contributed by atoms with Crippen LogP contribution in [0.15, 0.2) is 42.9 Å². The first-order valence-corrected chi connectivity index (χ1v) is 6.32. The third kappa shape index (κ3) is 2.62. The molecule has 0 amide bonds. The van der Waals surface area contributed by atoms with Gasteiger partial charge in [0.2, 0.25) is 5.28 Å². The highest BCUT2D eigenvalue weighted by Gasteiger charge is 2.05. The number of hydrogen-bond donors (Lipinski definition) is 0. The summed E-state index contributed by atoms with van der Waals surface area (Å²) in [6.07, 6.45) is 5.29. The quantitative estimate of drug-likeness (QED) is 0.746. The van der Waals surface area contributed by atoms with Gasteiger partial charge in [-0.25, -0.2) is 9.67 Å². The molecule has 3 rings (SSSR count). The lowest BCUT2D eigenvalue weighted by Gasteiger charge is -2.00. The second-order valence-corrected chi connectivity index (χ2v) is 4.73. The summed E-state index contributed by atoms with van der Waals surface area (Å²) in [5.41, 5.74) is 1.70. The normalized spacial score (nSPS) is 10.8. The molecule has 0 aliphatic heterocycles. The van der Waals surface area contributed by atoms with E-state index in [0.717, 1.165) is 11.4 Å². The van der Waals surface area contributed by atoms with Crippen LogP contribution in [-0.2, 0) is 6.54 Å². The molecular formula is C12H9Cl2N5. The van der Waals surface area contributed by atoms with E-state index < -0.39 is 0 Å². The number of hydrogen-bond acceptors (Lipinski definition) is 3. The highest BCUT2D eigenvalue weighted by Crippen LogP contribution is 2.13. The van der Waals surface area contributed by atoms with Crippen molar-refractivity contribution in [2.45, 2.75) is 6.54 Å². The van der Waals surface area contributed by atoms with Crippen molar-refractivity contribution in [2.75, 3.05) is 0 Å². The maximum absolute atomic E-state index is 5.91. The molecular weight excluding hydrogens is 285 g/mol. The second kappa shape index (κ2) is 5.03. The monoisotopic (exact) mass is 293 g/mol. The summed E-state index contributed by atoms with van der Waals surface area (Å²) >= 11 is 11.8. The van der Waals surface area contributed by atoms with Gasteiger partial charge in [-0.1, -0.05) is 16.8 Å². The van der Waals surface area contributed by atoms with E-state index in [-0.39, 0.29) is 0 Å². The summed E-state index contributed by atoms with van der Waals surface area (Å²) < 4.78 is 3.48. The standard InChI is InChI=1S/C12H9Cl2N5/c13-9-1-3-11(4-2-9)19-8-10(16-17-19)7-18-6-5-15-12(18)14/h1-6,8H,7H2. The molecule has 7 heteroatoms. The van der Waals surface area contributed by atoms with Crippen LogP contribution in [-0.4, -0.2) is 24.5 Å². The van der Waals surface area contributed by atoms with Crippen molar-refractivity contribution in [3.8, 4) is 5.69 Å². The van der Waals surface area contributed by atoms with E-state index >= 15 is 0 Å². The Bertz CT molecular complexity index is 686. The largest absolute Gasteiger partial charge is 0.316 e. The molecule has 96 valence electrons.